The van der Waals surface area contributed by atoms with Crippen molar-refractivity contribution in [2.24, 2.45) is 0 Å². The fourth-order valence-corrected chi connectivity index (χ4v) is 4.72. The predicted octanol–water partition coefficient (Wildman–Crippen LogP) is 4.97. The summed E-state index contributed by atoms with van der Waals surface area (Å²) in [5.74, 6) is 1.64. The molecule has 1 aliphatic carbocycles. The van der Waals surface area contributed by atoms with Crippen molar-refractivity contribution in [2.45, 2.75) is 44.8 Å². The number of para-hydroxylation sites is 2. The van der Waals surface area contributed by atoms with Crippen molar-refractivity contribution in [2.75, 3.05) is 25.0 Å². The van der Waals surface area contributed by atoms with Gasteiger partial charge in [-0.2, -0.15) is 5.10 Å². The van der Waals surface area contributed by atoms with Crippen molar-refractivity contribution in [1.82, 2.24) is 19.2 Å². The van der Waals surface area contributed by atoms with Crippen molar-refractivity contribution in [3.63, 3.8) is 0 Å². The van der Waals surface area contributed by atoms with Crippen LogP contribution in [0.2, 0.25) is 0 Å². The zero-order valence-corrected chi connectivity index (χ0v) is 18.4. The van der Waals surface area contributed by atoms with E-state index in [1.165, 1.54) is 36.9 Å². The lowest BCUT2D eigenvalue weighted by Crippen LogP contribution is -2.25. The summed E-state index contributed by atoms with van der Waals surface area (Å²) in [6.45, 7) is 3.90. The van der Waals surface area contributed by atoms with Crippen LogP contribution in [0.1, 0.15) is 43.0 Å². The quantitative estimate of drug-likeness (QED) is 0.506. The molecule has 1 saturated carbocycles. The van der Waals surface area contributed by atoms with Crippen LogP contribution >= 0.6 is 12.2 Å². The number of aromatic nitrogens is 3. The molecule has 0 atom stereocenters. The van der Waals surface area contributed by atoms with Gasteiger partial charge in [-0.05, 0) is 68.7 Å². The molecule has 0 unspecified atom stereocenters. The van der Waals surface area contributed by atoms with Crippen LogP contribution in [0.25, 0.3) is 5.69 Å². The Morgan fingerprint density at radius 2 is 1.70 bits per heavy atom. The van der Waals surface area contributed by atoms with Gasteiger partial charge in [-0.3, -0.25) is 9.47 Å². The molecule has 3 aromatic rings. The third kappa shape index (κ3) is 3.94. The Hall–Kier alpha value is -2.44. The van der Waals surface area contributed by atoms with Crippen molar-refractivity contribution < 1.29 is 0 Å². The van der Waals surface area contributed by atoms with Gasteiger partial charge in [0.25, 0.3) is 0 Å². The predicted molar refractivity (Wildman–Crippen MR) is 124 cm³/mol. The standard InChI is InChI=1S/C24H29N5S/c1-26(17-20-9-5-6-12-22(20)27-15-7-8-16-27)18-28-24(30)29(21-10-3-2-4-11-21)23(25-28)19-13-14-19/h2-6,9-12,19H,7-8,13-18H2,1H3. The van der Waals surface area contributed by atoms with E-state index in [1.807, 2.05) is 10.7 Å². The highest BCUT2D eigenvalue weighted by molar-refractivity contribution is 7.71. The van der Waals surface area contributed by atoms with Gasteiger partial charge in [0.2, 0.25) is 4.77 Å². The van der Waals surface area contributed by atoms with Gasteiger partial charge in [0.1, 0.15) is 5.82 Å². The lowest BCUT2D eigenvalue weighted by atomic mass is 10.1. The lowest BCUT2D eigenvalue weighted by Gasteiger charge is -2.24. The summed E-state index contributed by atoms with van der Waals surface area (Å²) in [5.41, 5.74) is 3.86. The maximum absolute atomic E-state index is 5.87. The number of rotatable bonds is 7. The largest absolute Gasteiger partial charge is 0.371 e. The first-order valence-electron chi connectivity index (χ1n) is 11.0. The first-order valence-corrected chi connectivity index (χ1v) is 11.4. The zero-order valence-electron chi connectivity index (χ0n) is 17.6. The second-order valence-corrected chi connectivity index (χ2v) is 8.93. The molecule has 156 valence electrons. The summed E-state index contributed by atoms with van der Waals surface area (Å²) in [7, 11) is 2.15. The highest BCUT2D eigenvalue weighted by Gasteiger charge is 2.30. The third-order valence-electron chi connectivity index (χ3n) is 6.08. The Morgan fingerprint density at radius 1 is 1.00 bits per heavy atom. The van der Waals surface area contributed by atoms with Crippen LogP contribution in [0.4, 0.5) is 5.69 Å². The summed E-state index contributed by atoms with van der Waals surface area (Å²) in [4.78, 5) is 4.83. The summed E-state index contributed by atoms with van der Waals surface area (Å²) < 4.78 is 4.94. The van der Waals surface area contributed by atoms with E-state index in [2.05, 4.69) is 69.9 Å². The highest BCUT2D eigenvalue weighted by atomic mass is 32.1. The number of hydrogen-bond acceptors (Lipinski definition) is 4. The van der Waals surface area contributed by atoms with E-state index in [0.717, 1.165) is 35.9 Å². The molecule has 0 N–H and O–H groups in total. The smallest absolute Gasteiger partial charge is 0.203 e. The van der Waals surface area contributed by atoms with Crippen LogP contribution in [-0.4, -0.2) is 39.4 Å². The van der Waals surface area contributed by atoms with Gasteiger partial charge >= 0.3 is 0 Å². The minimum atomic E-state index is 0.536. The van der Waals surface area contributed by atoms with E-state index in [-0.39, 0.29) is 0 Å². The molecule has 2 aromatic carbocycles. The average Bonchev–Trinajstić information content (AvgIpc) is 3.36. The summed E-state index contributed by atoms with van der Waals surface area (Å²) in [6.07, 6.45) is 5.00. The fraction of sp³-hybridized carbons (Fsp3) is 0.417. The first kappa shape index (κ1) is 19.5. The molecule has 0 amide bonds. The molecule has 2 fully saturated rings. The second kappa shape index (κ2) is 8.36. The molecule has 2 heterocycles. The van der Waals surface area contributed by atoms with Gasteiger partial charge in [0, 0.05) is 36.9 Å². The average molecular weight is 420 g/mol. The molecule has 2 aliphatic rings. The van der Waals surface area contributed by atoms with Crippen LogP contribution in [0.15, 0.2) is 54.6 Å². The van der Waals surface area contributed by atoms with Crippen molar-refractivity contribution in [3.05, 3.63) is 70.8 Å². The van der Waals surface area contributed by atoms with E-state index in [1.54, 1.807) is 0 Å². The second-order valence-electron chi connectivity index (χ2n) is 8.56. The molecule has 6 heteroatoms. The van der Waals surface area contributed by atoms with Crippen LogP contribution in [-0.2, 0) is 13.2 Å². The molecule has 5 rings (SSSR count). The first-order chi connectivity index (χ1) is 14.7. The molecule has 1 saturated heterocycles. The number of hydrogen-bond donors (Lipinski definition) is 0. The highest BCUT2D eigenvalue weighted by Crippen LogP contribution is 2.40. The van der Waals surface area contributed by atoms with E-state index in [9.17, 15) is 0 Å². The SMILES string of the molecule is CN(Cc1ccccc1N1CCCC1)Cn1nc(C2CC2)n(-c2ccccc2)c1=S. The summed E-state index contributed by atoms with van der Waals surface area (Å²) >= 11 is 5.87. The lowest BCUT2D eigenvalue weighted by molar-refractivity contribution is 0.244. The number of anilines is 1. The maximum atomic E-state index is 5.87. The Balaban J connectivity index is 1.39. The maximum Gasteiger partial charge on any atom is 0.203 e. The molecule has 0 radical (unpaired) electrons. The van der Waals surface area contributed by atoms with Crippen LogP contribution in [0, 0.1) is 4.77 Å². The number of nitrogens with zero attached hydrogens (tertiary/aromatic N) is 5. The molecule has 0 bridgehead atoms. The van der Waals surface area contributed by atoms with Gasteiger partial charge in [0.05, 0.1) is 6.67 Å². The molecular weight excluding hydrogens is 390 g/mol. The summed E-state index contributed by atoms with van der Waals surface area (Å²) in [5, 5.41) is 4.95. The molecule has 0 spiro atoms. The topological polar surface area (TPSA) is 29.2 Å². The van der Waals surface area contributed by atoms with Gasteiger partial charge in [-0.1, -0.05) is 36.4 Å². The van der Waals surface area contributed by atoms with Crippen molar-refractivity contribution in [3.8, 4) is 5.69 Å². The van der Waals surface area contributed by atoms with Crippen molar-refractivity contribution >= 4 is 17.9 Å². The van der Waals surface area contributed by atoms with Crippen LogP contribution < -0.4 is 4.90 Å². The Bertz CT molecular complexity index is 1060. The van der Waals surface area contributed by atoms with Crippen LogP contribution in [0.3, 0.4) is 0 Å². The minimum Gasteiger partial charge on any atom is -0.371 e. The number of benzene rings is 2. The molecule has 1 aromatic heterocycles. The molecule has 30 heavy (non-hydrogen) atoms. The van der Waals surface area contributed by atoms with Gasteiger partial charge < -0.3 is 4.90 Å². The Labute approximate surface area is 183 Å². The minimum absolute atomic E-state index is 0.536. The summed E-state index contributed by atoms with van der Waals surface area (Å²) in [6, 6.07) is 19.2. The zero-order chi connectivity index (χ0) is 20.5. The van der Waals surface area contributed by atoms with Crippen molar-refractivity contribution in [1.29, 1.82) is 0 Å². The molecular formula is C24H29N5S. The van der Waals surface area contributed by atoms with E-state index in [0.29, 0.717) is 12.6 Å². The fourth-order valence-electron chi connectivity index (χ4n) is 4.42. The normalized spacial score (nSPS) is 16.5. The van der Waals surface area contributed by atoms with Gasteiger partial charge in [0.15, 0.2) is 0 Å². The Morgan fingerprint density at radius 3 is 2.43 bits per heavy atom. The monoisotopic (exact) mass is 419 g/mol. The molecule has 1 aliphatic heterocycles. The van der Waals surface area contributed by atoms with Gasteiger partial charge in [-0.15, -0.1) is 0 Å². The van der Waals surface area contributed by atoms with E-state index in [4.69, 9.17) is 17.3 Å². The van der Waals surface area contributed by atoms with E-state index >= 15 is 0 Å². The van der Waals surface area contributed by atoms with Gasteiger partial charge in [-0.25, -0.2) is 4.68 Å². The third-order valence-corrected chi connectivity index (χ3v) is 6.47. The van der Waals surface area contributed by atoms with E-state index < -0.39 is 0 Å². The molecule has 5 nitrogen and oxygen atoms in total. The Kier molecular flexibility index (Phi) is 5.44. The van der Waals surface area contributed by atoms with Crippen LogP contribution in [0.5, 0.6) is 0 Å².